The second kappa shape index (κ2) is 2.97. The molecule has 0 saturated heterocycles. The highest BCUT2D eigenvalue weighted by molar-refractivity contribution is 5.66. The minimum atomic E-state index is 0.456. The molecule has 1 fully saturated rings. The van der Waals surface area contributed by atoms with E-state index in [0.29, 0.717) is 11.8 Å². The van der Waals surface area contributed by atoms with Gasteiger partial charge in [-0.2, -0.15) is 0 Å². The first-order valence-electron chi connectivity index (χ1n) is 4.14. The van der Waals surface area contributed by atoms with Gasteiger partial charge in [-0.25, -0.2) is 0 Å². The van der Waals surface area contributed by atoms with Crippen LogP contribution in [0, 0.1) is 5.92 Å². The molecule has 0 radical (unpaired) electrons. The fraction of sp³-hybridized carbons (Fsp3) is 0.300. The summed E-state index contributed by atoms with van der Waals surface area (Å²) in [5, 5.41) is 11.4. The van der Waals surface area contributed by atoms with Crippen LogP contribution in [0.4, 0.5) is 0 Å². The predicted octanol–water partition coefficient (Wildman–Crippen LogP) is 2.25. The second-order valence-corrected chi connectivity index (χ2v) is 3.18. The van der Waals surface area contributed by atoms with Gasteiger partial charge in [-0.1, -0.05) is 30.3 Å². The molecule has 2 unspecified atom stereocenters. The SMILES string of the molecule is ON=CC1CC1c1ccccc1. The Kier molecular flexibility index (Phi) is 1.82. The highest BCUT2D eigenvalue weighted by Crippen LogP contribution is 2.45. The Morgan fingerprint density at radius 1 is 1.33 bits per heavy atom. The Bertz CT molecular complexity index is 281. The molecule has 1 saturated carbocycles. The van der Waals surface area contributed by atoms with Crippen molar-refractivity contribution in [3.8, 4) is 0 Å². The summed E-state index contributed by atoms with van der Waals surface area (Å²) in [6.07, 6.45) is 2.74. The molecule has 1 aromatic rings. The average molecular weight is 161 g/mol. The number of oxime groups is 1. The van der Waals surface area contributed by atoms with Gasteiger partial charge in [-0.3, -0.25) is 0 Å². The summed E-state index contributed by atoms with van der Waals surface area (Å²) >= 11 is 0. The van der Waals surface area contributed by atoms with E-state index < -0.39 is 0 Å². The lowest BCUT2D eigenvalue weighted by Crippen LogP contribution is -1.83. The second-order valence-electron chi connectivity index (χ2n) is 3.18. The molecule has 2 atom stereocenters. The molecule has 0 heterocycles. The van der Waals surface area contributed by atoms with Crippen molar-refractivity contribution >= 4 is 6.21 Å². The van der Waals surface area contributed by atoms with Crippen LogP contribution in [0.3, 0.4) is 0 Å². The molecule has 62 valence electrons. The Morgan fingerprint density at radius 2 is 2.08 bits per heavy atom. The summed E-state index contributed by atoms with van der Waals surface area (Å²) in [4.78, 5) is 0. The molecule has 0 spiro atoms. The maximum absolute atomic E-state index is 8.31. The largest absolute Gasteiger partial charge is 0.411 e. The first-order valence-corrected chi connectivity index (χ1v) is 4.14. The molecule has 2 nitrogen and oxygen atoms in total. The quantitative estimate of drug-likeness (QED) is 0.402. The number of hydrogen-bond acceptors (Lipinski definition) is 2. The van der Waals surface area contributed by atoms with E-state index in [1.165, 1.54) is 5.56 Å². The molecule has 2 rings (SSSR count). The molecule has 0 amide bonds. The Labute approximate surface area is 71.5 Å². The number of hydrogen-bond donors (Lipinski definition) is 1. The summed E-state index contributed by atoms with van der Waals surface area (Å²) in [5.74, 6) is 1.04. The highest BCUT2D eigenvalue weighted by Gasteiger charge is 2.36. The lowest BCUT2D eigenvalue weighted by Gasteiger charge is -1.94. The van der Waals surface area contributed by atoms with Crippen molar-refractivity contribution in [2.75, 3.05) is 0 Å². The van der Waals surface area contributed by atoms with E-state index in [9.17, 15) is 0 Å². The fourth-order valence-corrected chi connectivity index (χ4v) is 1.55. The van der Waals surface area contributed by atoms with Crippen LogP contribution in [0.25, 0.3) is 0 Å². The summed E-state index contributed by atoms with van der Waals surface area (Å²) < 4.78 is 0. The van der Waals surface area contributed by atoms with Crippen LogP contribution in [0.15, 0.2) is 35.5 Å². The number of nitrogens with zero attached hydrogens (tertiary/aromatic N) is 1. The Morgan fingerprint density at radius 3 is 2.75 bits per heavy atom. The smallest absolute Gasteiger partial charge is 0.0473 e. The van der Waals surface area contributed by atoms with Crippen molar-refractivity contribution in [2.24, 2.45) is 11.1 Å². The molecule has 0 aromatic heterocycles. The van der Waals surface area contributed by atoms with Gasteiger partial charge in [-0.05, 0) is 17.9 Å². The third-order valence-corrected chi connectivity index (χ3v) is 2.33. The molecule has 0 bridgehead atoms. The third-order valence-electron chi connectivity index (χ3n) is 2.33. The van der Waals surface area contributed by atoms with E-state index >= 15 is 0 Å². The summed E-state index contributed by atoms with van der Waals surface area (Å²) in [5.41, 5.74) is 1.35. The zero-order chi connectivity index (χ0) is 8.39. The minimum Gasteiger partial charge on any atom is -0.411 e. The van der Waals surface area contributed by atoms with Crippen LogP contribution in [0.1, 0.15) is 17.9 Å². The normalized spacial score (nSPS) is 27.7. The fourth-order valence-electron chi connectivity index (χ4n) is 1.55. The Hall–Kier alpha value is -1.31. The molecule has 1 aromatic carbocycles. The van der Waals surface area contributed by atoms with Crippen molar-refractivity contribution in [2.45, 2.75) is 12.3 Å². The standard InChI is InChI=1S/C10H11NO/c12-11-7-9-6-10(9)8-4-2-1-3-5-8/h1-5,7,9-10,12H,6H2. The van der Waals surface area contributed by atoms with E-state index in [-0.39, 0.29) is 0 Å². The van der Waals surface area contributed by atoms with Crippen molar-refractivity contribution in [3.05, 3.63) is 35.9 Å². The summed E-state index contributed by atoms with van der Waals surface area (Å²) in [6.45, 7) is 0. The van der Waals surface area contributed by atoms with Gasteiger partial charge in [0, 0.05) is 12.1 Å². The maximum Gasteiger partial charge on any atom is 0.0473 e. The zero-order valence-electron chi connectivity index (χ0n) is 6.72. The lowest BCUT2D eigenvalue weighted by molar-refractivity contribution is 0.320. The Balaban J connectivity index is 2.06. The minimum absolute atomic E-state index is 0.456. The number of rotatable bonds is 2. The average Bonchev–Trinajstić information content (AvgIpc) is 2.87. The van der Waals surface area contributed by atoms with Crippen LogP contribution < -0.4 is 0 Å². The van der Waals surface area contributed by atoms with E-state index in [0.717, 1.165) is 6.42 Å². The predicted molar refractivity (Wildman–Crippen MR) is 47.6 cm³/mol. The van der Waals surface area contributed by atoms with Crippen LogP contribution in [-0.4, -0.2) is 11.4 Å². The zero-order valence-corrected chi connectivity index (χ0v) is 6.72. The van der Waals surface area contributed by atoms with E-state index in [1.54, 1.807) is 6.21 Å². The first-order chi connectivity index (χ1) is 5.92. The molecule has 2 heteroatoms. The topological polar surface area (TPSA) is 32.6 Å². The van der Waals surface area contributed by atoms with Gasteiger partial charge in [0.25, 0.3) is 0 Å². The van der Waals surface area contributed by atoms with Crippen molar-refractivity contribution < 1.29 is 5.21 Å². The monoisotopic (exact) mass is 161 g/mol. The molecule has 1 N–H and O–H groups in total. The molecule has 1 aliphatic rings. The van der Waals surface area contributed by atoms with E-state index in [4.69, 9.17) is 5.21 Å². The van der Waals surface area contributed by atoms with Crippen molar-refractivity contribution in [1.82, 2.24) is 0 Å². The molecule has 12 heavy (non-hydrogen) atoms. The lowest BCUT2D eigenvalue weighted by atomic mass is 10.1. The number of benzene rings is 1. The maximum atomic E-state index is 8.31. The van der Waals surface area contributed by atoms with Crippen LogP contribution in [-0.2, 0) is 0 Å². The van der Waals surface area contributed by atoms with Gasteiger partial charge >= 0.3 is 0 Å². The molecule has 1 aliphatic carbocycles. The van der Waals surface area contributed by atoms with Crippen LogP contribution in [0.5, 0.6) is 0 Å². The third kappa shape index (κ3) is 1.33. The van der Waals surface area contributed by atoms with Crippen LogP contribution in [0.2, 0.25) is 0 Å². The molecular weight excluding hydrogens is 150 g/mol. The van der Waals surface area contributed by atoms with Crippen LogP contribution >= 0.6 is 0 Å². The van der Waals surface area contributed by atoms with E-state index in [1.807, 2.05) is 18.2 Å². The van der Waals surface area contributed by atoms with Gasteiger partial charge < -0.3 is 5.21 Å². The first kappa shape index (κ1) is 7.35. The van der Waals surface area contributed by atoms with Gasteiger partial charge in [0.15, 0.2) is 0 Å². The molecule has 0 aliphatic heterocycles. The molecular formula is C10H11NO. The summed E-state index contributed by atoms with van der Waals surface area (Å²) in [6, 6.07) is 10.3. The van der Waals surface area contributed by atoms with Gasteiger partial charge in [0.05, 0.1) is 0 Å². The van der Waals surface area contributed by atoms with E-state index in [2.05, 4.69) is 17.3 Å². The van der Waals surface area contributed by atoms with Crippen molar-refractivity contribution in [3.63, 3.8) is 0 Å². The van der Waals surface area contributed by atoms with Crippen molar-refractivity contribution in [1.29, 1.82) is 0 Å². The van der Waals surface area contributed by atoms with Gasteiger partial charge in [0.1, 0.15) is 0 Å². The van der Waals surface area contributed by atoms with Gasteiger partial charge in [0.2, 0.25) is 0 Å². The summed E-state index contributed by atoms with van der Waals surface area (Å²) in [7, 11) is 0. The van der Waals surface area contributed by atoms with Gasteiger partial charge in [-0.15, -0.1) is 5.16 Å². The highest BCUT2D eigenvalue weighted by atomic mass is 16.4.